The van der Waals surface area contributed by atoms with Gasteiger partial charge in [0, 0.05) is 18.7 Å². The van der Waals surface area contributed by atoms with Crippen LogP contribution >= 0.6 is 0 Å². The van der Waals surface area contributed by atoms with E-state index in [0.29, 0.717) is 23.3 Å². The van der Waals surface area contributed by atoms with Crippen LogP contribution < -0.4 is 14.5 Å². The summed E-state index contributed by atoms with van der Waals surface area (Å²) in [5.74, 6) is -0.0422. The molecular weight excluding hydrogens is 468 g/mol. The number of nitrogens with zero attached hydrogens (tertiary/aromatic N) is 2. The Kier molecular flexibility index (Phi) is 4.78. The van der Waals surface area contributed by atoms with Gasteiger partial charge < -0.3 is 9.64 Å². The Morgan fingerprint density at radius 1 is 0.838 bits per heavy atom. The lowest BCUT2D eigenvalue weighted by Crippen LogP contribution is -2.40. The molecule has 3 amide bonds. The van der Waals surface area contributed by atoms with Gasteiger partial charge in [-0.1, -0.05) is 18.2 Å². The summed E-state index contributed by atoms with van der Waals surface area (Å²) >= 11 is 0. The van der Waals surface area contributed by atoms with E-state index in [4.69, 9.17) is 4.74 Å². The Bertz CT molecular complexity index is 1360. The van der Waals surface area contributed by atoms with Crippen molar-refractivity contribution in [1.82, 2.24) is 0 Å². The maximum atomic E-state index is 13.3. The van der Waals surface area contributed by atoms with Gasteiger partial charge in [0.15, 0.2) is 0 Å². The Morgan fingerprint density at radius 2 is 1.46 bits per heavy atom. The predicted octanol–water partition coefficient (Wildman–Crippen LogP) is 3.82. The number of imide groups is 1. The Labute approximate surface area is 215 Å². The highest BCUT2D eigenvalue weighted by atomic mass is 16.5. The molecule has 2 aliphatic heterocycles. The van der Waals surface area contributed by atoms with Crippen LogP contribution in [0.25, 0.3) is 0 Å². The van der Waals surface area contributed by atoms with Gasteiger partial charge in [-0.2, -0.15) is 0 Å². The number of carbonyl (C=O) groups is 4. The lowest BCUT2D eigenvalue weighted by molar-refractivity contribution is -0.139. The minimum Gasteiger partial charge on any atom is -0.426 e. The van der Waals surface area contributed by atoms with Gasteiger partial charge in [-0.05, 0) is 91.5 Å². The lowest BCUT2D eigenvalue weighted by Gasteiger charge is -2.37. The molecule has 37 heavy (non-hydrogen) atoms. The molecule has 0 aromatic heterocycles. The molecule has 7 heteroatoms. The molecule has 4 aliphatic carbocycles. The van der Waals surface area contributed by atoms with E-state index in [1.165, 1.54) is 4.90 Å². The molecule has 6 aliphatic rings. The summed E-state index contributed by atoms with van der Waals surface area (Å²) in [7, 11) is 0. The van der Waals surface area contributed by atoms with Gasteiger partial charge in [0.25, 0.3) is 0 Å². The largest absolute Gasteiger partial charge is 0.426 e. The Hall–Kier alpha value is -3.74. The van der Waals surface area contributed by atoms with Crippen LogP contribution in [0.4, 0.5) is 11.4 Å². The minimum atomic E-state index is -0.562. The predicted molar refractivity (Wildman–Crippen MR) is 136 cm³/mol. The van der Waals surface area contributed by atoms with E-state index in [1.807, 2.05) is 32.0 Å². The van der Waals surface area contributed by atoms with E-state index < -0.39 is 11.9 Å². The van der Waals surface area contributed by atoms with Gasteiger partial charge in [-0.3, -0.25) is 24.1 Å². The van der Waals surface area contributed by atoms with Gasteiger partial charge in [0.1, 0.15) is 5.75 Å². The SMILES string of the molecule is Cc1ccc(N2C[C@H](C(=O)Oc3ccc(N4C(=O)[C@@H]5[C@H]6C=C[C@@H]([C@@H]7C[C@H]67)[C@H]5C4=O)cc3)CC2=O)cc1C. The molecule has 0 radical (unpaired) electrons. The standard InChI is InChI=1S/C30H28N2O5/c1-15-3-4-19(11-16(15)2)31-14-17(12-25(31)33)30(36)37-20-7-5-18(6-8-20)32-28(34)26-21-9-10-22(24-13-23(21)24)27(26)29(32)35/h3-11,17,21-24,26-27H,12-14H2,1-2H3/t17-,21+,22+,23-,24+,26-,27-/m1/s1. The van der Waals surface area contributed by atoms with Crippen LogP contribution in [-0.2, 0) is 19.2 Å². The minimum absolute atomic E-state index is 0.0990. The van der Waals surface area contributed by atoms with Crippen molar-refractivity contribution in [3.8, 4) is 5.75 Å². The highest BCUT2D eigenvalue weighted by molar-refractivity contribution is 6.22. The number of hydrogen-bond donors (Lipinski definition) is 0. The molecule has 2 saturated carbocycles. The third-order valence-electron chi connectivity index (χ3n) is 9.24. The average molecular weight is 497 g/mol. The first-order valence-electron chi connectivity index (χ1n) is 13.1. The fourth-order valence-electron chi connectivity index (χ4n) is 7.08. The van der Waals surface area contributed by atoms with Crippen molar-refractivity contribution in [3.05, 3.63) is 65.7 Å². The van der Waals surface area contributed by atoms with Crippen LogP contribution in [0.1, 0.15) is 24.0 Å². The molecule has 4 fully saturated rings. The first-order valence-corrected chi connectivity index (χ1v) is 13.1. The summed E-state index contributed by atoms with van der Waals surface area (Å²) in [4.78, 5) is 55.1. The monoisotopic (exact) mass is 496 g/mol. The number of esters is 1. The maximum absolute atomic E-state index is 13.3. The van der Waals surface area contributed by atoms with Crippen LogP contribution in [0.5, 0.6) is 5.75 Å². The fraction of sp³-hybridized carbons (Fsp3) is 0.400. The van der Waals surface area contributed by atoms with E-state index in [2.05, 4.69) is 12.2 Å². The number of hydrogen-bond acceptors (Lipinski definition) is 5. The van der Waals surface area contributed by atoms with Crippen molar-refractivity contribution < 1.29 is 23.9 Å². The van der Waals surface area contributed by atoms with Crippen molar-refractivity contribution in [2.24, 2.45) is 41.4 Å². The molecule has 2 aromatic carbocycles. The number of ether oxygens (including phenoxy) is 1. The second kappa shape index (κ2) is 7.88. The molecular formula is C30H28N2O5. The van der Waals surface area contributed by atoms with Crippen LogP contribution in [0.2, 0.25) is 0 Å². The van der Waals surface area contributed by atoms with Crippen LogP contribution in [0, 0.1) is 55.3 Å². The summed E-state index contributed by atoms with van der Waals surface area (Å²) in [5, 5.41) is 0. The van der Waals surface area contributed by atoms with Crippen LogP contribution in [0.15, 0.2) is 54.6 Å². The number of anilines is 2. The molecule has 2 aromatic rings. The smallest absolute Gasteiger partial charge is 0.316 e. The Morgan fingerprint density at radius 3 is 2.08 bits per heavy atom. The van der Waals surface area contributed by atoms with Crippen molar-refractivity contribution in [3.63, 3.8) is 0 Å². The normalized spacial score (nSPS) is 33.1. The van der Waals surface area contributed by atoms with E-state index >= 15 is 0 Å². The number of carbonyl (C=O) groups excluding carboxylic acids is 4. The lowest BCUT2D eigenvalue weighted by atomic mass is 9.63. The topological polar surface area (TPSA) is 84.0 Å². The van der Waals surface area contributed by atoms with E-state index in [0.717, 1.165) is 23.2 Å². The zero-order chi connectivity index (χ0) is 25.6. The second-order valence-corrected chi connectivity index (χ2v) is 11.3. The summed E-state index contributed by atoms with van der Waals surface area (Å²) in [6.07, 6.45) is 5.55. The molecule has 0 N–H and O–H groups in total. The molecule has 7 atom stereocenters. The van der Waals surface area contributed by atoms with E-state index in [9.17, 15) is 19.2 Å². The number of rotatable bonds is 4. The van der Waals surface area contributed by atoms with Gasteiger partial charge in [-0.25, -0.2) is 0 Å². The van der Waals surface area contributed by atoms with Gasteiger partial charge in [0.2, 0.25) is 17.7 Å². The molecule has 0 spiro atoms. The van der Waals surface area contributed by atoms with Crippen molar-refractivity contribution >= 4 is 35.1 Å². The highest BCUT2D eigenvalue weighted by Crippen LogP contribution is 2.65. The fourth-order valence-corrected chi connectivity index (χ4v) is 7.08. The van der Waals surface area contributed by atoms with Crippen molar-refractivity contribution in [1.29, 1.82) is 0 Å². The summed E-state index contributed by atoms with van der Waals surface area (Å²) in [6, 6.07) is 12.4. The quantitative estimate of drug-likeness (QED) is 0.278. The summed E-state index contributed by atoms with van der Waals surface area (Å²) < 4.78 is 5.59. The zero-order valence-electron chi connectivity index (χ0n) is 20.8. The summed E-state index contributed by atoms with van der Waals surface area (Å²) in [6.45, 7) is 4.29. The van der Waals surface area contributed by atoms with E-state index in [-0.39, 0.29) is 54.4 Å². The summed E-state index contributed by atoms with van der Waals surface area (Å²) in [5.41, 5.74) is 3.53. The number of aryl methyl sites for hydroxylation is 2. The van der Waals surface area contributed by atoms with Crippen molar-refractivity contribution in [2.45, 2.75) is 26.7 Å². The second-order valence-electron chi connectivity index (χ2n) is 11.3. The number of benzene rings is 2. The molecule has 7 nitrogen and oxygen atoms in total. The number of amides is 3. The van der Waals surface area contributed by atoms with Crippen LogP contribution in [-0.4, -0.2) is 30.2 Å². The molecule has 0 unspecified atom stereocenters. The zero-order valence-corrected chi connectivity index (χ0v) is 20.8. The molecule has 188 valence electrons. The van der Waals surface area contributed by atoms with Gasteiger partial charge >= 0.3 is 5.97 Å². The highest BCUT2D eigenvalue weighted by Gasteiger charge is 2.67. The van der Waals surface area contributed by atoms with Gasteiger partial charge in [-0.15, -0.1) is 0 Å². The Balaban J connectivity index is 1.03. The van der Waals surface area contributed by atoms with Crippen molar-refractivity contribution in [2.75, 3.05) is 16.3 Å². The maximum Gasteiger partial charge on any atom is 0.316 e. The molecule has 2 saturated heterocycles. The van der Waals surface area contributed by atoms with E-state index in [1.54, 1.807) is 29.2 Å². The number of allylic oxidation sites excluding steroid dienone is 2. The first-order chi connectivity index (χ1) is 17.8. The average Bonchev–Trinajstić information content (AvgIpc) is 3.57. The third kappa shape index (κ3) is 3.32. The molecule has 2 bridgehead atoms. The third-order valence-corrected chi connectivity index (χ3v) is 9.24. The molecule has 2 heterocycles. The first kappa shape index (κ1) is 22.5. The van der Waals surface area contributed by atoms with Crippen LogP contribution in [0.3, 0.4) is 0 Å². The van der Waals surface area contributed by atoms with Gasteiger partial charge in [0.05, 0.1) is 23.4 Å². The molecule has 8 rings (SSSR count).